The summed E-state index contributed by atoms with van der Waals surface area (Å²) < 4.78 is 4.68. The first-order chi connectivity index (χ1) is 8.11. The predicted molar refractivity (Wildman–Crippen MR) is 59.4 cm³/mol. The summed E-state index contributed by atoms with van der Waals surface area (Å²) in [4.78, 5) is 33.0. The zero-order chi connectivity index (χ0) is 12.7. The number of aromatic nitrogens is 2. The molecule has 0 saturated heterocycles. The average molecular weight is 239 g/mol. The van der Waals surface area contributed by atoms with E-state index in [9.17, 15) is 14.4 Å². The van der Waals surface area contributed by atoms with E-state index < -0.39 is 5.97 Å². The lowest BCUT2D eigenvalue weighted by Crippen LogP contribution is -2.17. The van der Waals surface area contributed by atoms with E-state index in [0.717, 1.165) is 0 Å². The molecular weight excluding hydrogens is 226 g/mol. The SMILES string of the molecule is CCOC(=O)CCC(=O)Nc1ccc(=O)[nH]n1. The maximum atomic E-state index is 11.4. The first-order valence-electron chi connectivity index (χ1n) is 5.13. The van der Waals surface area contributed by atoms with E-state index in [1.807, 2.05) is 0 Å². The van der Waals surface area contributed by atoms with Crippen LogP contribution in [-0.2, 0) is 14.3 Å². The fourth-order valence-electron chi connectivity index (χ4n) is 1.07. The fourth-order valence-corrected chi connectivity index (χ4v) is 1.07. The summed E-state index contributed by atoms with van der Waals surface area (Å²) in [6.45, 7) is 1.99. The molecule has 7 nitrogen and oxygen atoms in total. The summed E-state index contributed by atoms with van der Waals surface area (Å²) in [5, 5.41) is 8.21. The largest absolute Gasteiger partial charge is 0.466 e. The van der Waals surface area contributed by atoms with Gasteiger partial charge in [0.15, 0.2) is 5.82 Å². The lowest BCUT2D eigenvalue weighted by Gasteiger charge is -2.03. The minimum Gasteiger partial charge on any atom is -0.466 e. The van der Waals surface area contributed by atoms with Crippen LogP contribution in [0.5, 0.6) is 0 Å². The minimum atomic E-state index is -0.419. The first kappa shape index (κ1) is 12.9. The zero-order valence-electron chi connectivity index (χ0n) is 9.36. The van der Waals surface area contributed by atoms with Gasteiger partial charge in [0, 0.05) is 12.5 Å². The van der Waals surface area contributed by atoms with Crippen LogP contribution in [0.1, 0.15) is 19.8 Å². The number of ether oxygens (including phenoxy) is 1. The van der Waals surface area contributed by atoms with Crippen molar-refractivity contribution in [3.63, 3.8) is 0 Å². The molecule has 0 bridgehead atoms. The summed E-state index contributed by atoms with van der Waals surface area (Å²) in [6, 6.07) is 2.62. The molecule has 0 aromatic carbocycles. The minimum absolute atomic E-state index is 0.0135. The van der Waals surface area contributed by atoms with Crippen LogP contribution >= 0.6 is 0 Å². The van der Waals surface area contributed by atoms with Gasteiger partial charge >= 0.3 is 5.97 Å². The van der Waals surface area contributed by atoms with Crippen LogP contribution in [0, 0.1) is 0 Å². The molecule has 0 aliphatic carbocycles. The van der Waals surface area contributed by atoms with Crippen molar-refractivity contribution < 1.29 is 14.3 Å². The molecule has 1 aromatic rings. The number of hydrogen-bond acceptors (Lipinski definition) is 5. The Morgan fingerprint density at radius 1 is 1.41 bits per heavy atom. The van der Waals surface area contributed by atoms with Gasteiger partial charge in [-0.3, -0.25) is 14.4 Å². The van der Waals surface area contributed by atoms with Crippen LogP contribution in [0.3, 0.4) is 0 Å². The van der Waals surface area contributed by atoms with Gasteiger partial charge in [-0.1, -0.05) is 0 Å². The summed E-state index contributed by atoms with van der Waals surface area (Å²) in [5.41, 5.74) is -0.352. The number of carbonyl (C=O) groups excluding carboxylic acids is 2. The molecular formula is C10H13N3O4. The Morgan fingerprint density at radius 3 is 2.76 bits per heavy atom. The van der Waals surface area contributed by atoms with Gasteiger partial charge in [0.2, 0.25) is 5.91 Å². The van der Waals surface area contributed by atoms with E-state index in [0.29, 0.717) is 6.61 Å². The lowest BCUT2D eigenvalue weighted by atomic mass is 10.3. The van der Waals surface area contributed by atoms with E-state index in [2.05, 4.69) is 20.3 Å². The second kappa shape index (κ2) is 6.41. The number of hydrogen-bond donors (Lipinski definition) is 2. The highest BCUT2D eigenvalue weighted by Crippen LogP contribution is 2.00. The molecule has 0 radical (unpaired) electrons. The molecule has 0 fully saturated rings. The van der Waals surface area contributed by atoms with Crippen molar-refractivity contribution in [2.24, 2.45) is 0 Å². The van der Waals surface area contributed by atoms with Crippen LogP contribution in [0.25, 0.3) is 0 Å². The summed E-state index contributed by atoms with van der Waals surface area (Å²) in [6.07, 6.45) is 0.0304. The Bertz CT molecular complexity index is 435. The van der Waals surface area contributed by atoms with Crippen molar-refractivity contribution in [2.75, 3.05) is 11.9 Å². The van der Waals surface area contributed by atoms with Gasteiger partial charge < -0.3 is 10.1 Å². The van der Waals surface area contributed by atoms with Gasteiger partial charge in [0.1, 0.15) is 0 Å². The van der Waals surface area contributed by atoms with Gasteiger partial charge in [-0.15, -0.1) is 0 Å². The van der Waals surface area contributed by atoms with Crippen molar-refractivity contribution in [2.45, 2.75) is 19.8 Å². The summed E-state index contributed by atoms with van der Waals surface area (Å²) in [5.74, 6) is -0.548. The monoisotopic (exact) mass is 239 g/mol. The van der Waals surface area contributed by atoms with Gasteiger partial charge in [0.25, 0.3) is 5.56 Å². The summed E-state index contributed by atoms with van der Waals surface area (Å²) in [7, 11) is 0. The van der Waals surface area contributed by atoms with Crippen molar-refractivity contribution in [1.29, 1.82) is 0 Å². The zero-order valence-corrected chi connectivity index (χ0v) is 9.36. The molecule has 1 heterocycles. The third-order valence-corrected chi connectivity index (χ3v) is 1.81. The van der Waals surface area contributed by atoms with Crippen LogP contribution in [-0.4, -0.2) is 28.7 Å². The molecule has 2 N–H and O–H groups in total. The molecule has 0 spiro atoms. The molecule has 0 unspecified atom stereocenters. The molecule has 7 heteroatoms. The molecule has 92 valence electrons. The van der Waals surface area contributed by atoms with Gasteiger partial charge in [-0.05, 0) is 13.0 Å². The normalized spacial score (nSPS) is 9.71. The number of amides is 1. The number of H-pyrrole nitrogens is 1. The smallest absolute Gasteiger partial charge is 0.306 e. The number of anilines is 1. The van der Waals surface area contributed by atoms with Crippen molar-refractivity contribution in [1.82, 2.24) is 10.2 Å². The highest BCUT2D eigenvalue weighted by atomic mass is 16.5. The second-order valence-corrected chi connectivity index (χ2v) is 3.16. The molecule has 0 aliphatic rings. The van der Waals surface area contributed by atoms with Crippen LogP contribution in [0.15, 0.2) is 16.9 Å². The lowest BCUT2D eigenvalue weighted by molar-refractivity contribution is -0.144. The third-order valence-electron chi connectivity index (χ3n) is 1.81. The van der Waals surface area contributed by atoms with E-state index in [1.54, 1.807) is 6.92 Å². The number of nitrogens with one attached hydrogen (secondary N) is 2. The molecule has 1 rings (SSSR count). The Morgan fingerprint density at radius 2 is 2.18 bits per heavy atom. The van der Waals surface area contributed by atoms with Crippen molar-refractivity contribution in [3.05, 3.63) is 22.5 Å². The predicted octanol–water partition coefficient (Wildman–Crippen LogP) is 0.0517. The first-order valence-corrected chi connectivity index (χ1v) is 5.13. The maximum absolute atomic E-state index is 11.4. The Balaban J connectivity index is 2.37. The van der Waals surface area contributed by atoms with Crippen molar-refractivity contribution in [3.8, 4) is 0 Å². The average Bonchev–Trinajstić information content (AvgIpc) is 2.30. The van der Waals surface area contributed by atoms with E-state index in [1.165, 1.54) is 12.1 Å². The van der Waals surface area contributed by atoms with Gasteiger partial charge in [0.05, 0.1) is 13.0 Å². The quantitative estimate of drug-likeness (QED) is 0.707. The van der Waals surface area contributed by atoms with Crippen LogP contribution < -0.4 is 10.9 Å². The number of aromatic amines is 1. The van der Waals surface area contributed by atoms with Gasteiger partial charge in [-0.2, -0.15) is 5.10 Å². The molecule has 1 aromatic heterocycles. The number of rotatable bonds is 5. The molecule has 0 aliphatic heterocycles. The number of nitrogens with zero attached hydrogens (tertiary/aromatic N) is 1. The molecule has 17 heavy (non-hydrogen) atoms. The maximum Gasteiger partial charge on any atom is 0.306 e. The Kier molecular flexibility index (Phi) is 4.86. The number of esters is 1. The van der Waals surface area contributed by atoms with Crippen molar-refractivity contribution >= 4 is 17.7 Å². The van der Waals surface area contributed by atoms with Crippen LogP contribution in [0.4, 0.5) is 5.82 Å². The van der Waals surface area contributed by atoms with E-state index >= 15 is 0 Å². The number of carbonyl (C=O) groups is 2. The highest BCUT2D eigenvalue weighted by Gasteiger charge is 2.08. The molecule has 0 saturated carbocycles. The Labute approximate surface area is 97.2 Å². The standard InChI is InChI=1S/C10H13N3O4/c1-2-17-10(16)6-5-8(14)11-7-3-4-9(15)13-12-7/h3-4H,2,5-6H2,1H3,(H,13,15)(H,11,12,14). The fraction of sp³-hybridized carbons (Fsp3) is 0.400. The van der Waals surface area contributed by atoms with E-state index in [4.69, 9.17) is 0 Å². The summed E-state index contributed by atoms with van der Waals surface area (Å²) >= 11 is 0. The topological polar surface area (TPSA) is 101 Å². The van der Waals surface area contributed by atoms with E-state index in [-0.39, 0.29) is 30.1 Å². The molecule has 0 atom stereocenters. The molecule has 1 amide bonds. The van der Waals surface area contributed by atoms with Crippen LogP contribution in [0.2, 0.25) is 0 Å². The van der Waals surface area contributed by atoms with Gasteiger partial charge in [-0.25, -0.2) is 5.10 Å². The third kappa shape index (κ3) is 4.92. The Hall–Kier alpha value is -2.18. The second-order valence-electron chi connectivity index (χ2n) is 3.16. The highest BCUT2D eigenvalue weighted by molar-refractivity contribution is 5.91.